The maximum Gasteiger partial charge on any atom is 0.269 e. The van der Waals surface area contributed by atoms with E-state index in [4.69, 9.17) is 4.74 Å². The zero-order valence-electron chi connectivity index (χ0n) is 19.7. The van der Waals surface area contributed by atoms with Crippen LogP contribution in [0.3, 0.4) is 0 Å². The highest BCUT2D eigenvalue weighted by atomic mass is 32.2. The van der Waals surface area contributed by atoms with E-state index in [0.29, 0.717) is 43.1 Å². The molecular weight excluding hydrogens is 462 g/mol. The van der Waals surface area contributed by atoms with E-state index in [0.717, 1.165) is 17.0 Å². The van der Waals surface area contributed by atoms with Crippen LogP contribution in [0.15, 0.2) is 82.6 Å². The number of carbonyl (C=O) groups is 1. The van der Waals surface area contributed by atoms with Gasteiger partial charge >= 0.3 is 0 Å². The zero-order valence-corrected chi connectivity index (χ0v) is 20.5. The third-order valence-electron chi connectivity index (χ3n) is 6.45. The van der Waals surface area contributed by atoms with Gasteiger partial charge in [-0.1, -0.05) is 48.0 Å². The first-order valence-electron chi connectivity index (χ1n) is 11.5. The number of nitrogens with one attached hydrogen (secondary N) is 1. The average Bonchev–Trinajstić information content (AvgIpc) is 3.12. The van der Waals surface area contributed by atoms with E-state index >= 15 is 0 Å². The Kier molecular flexibility index (Phi) is 5.98. The fourth-order valence-electron chi connectivity index (χ4n) is 4.69. The van der Waals surface area contributed by atoms with Crippen molar-refractivity contribution < 1.29 is 17.9 Å². The summed E-state index contributed by atoms with van der Waals surface area (Å²) in [5.74, 6) is 0.180. The zero-order chi connectivity index (χ0) is 24.6. The number of para-hydroxylation sites is 2. The third kappa shape index (κ3) is 4.14. The van der Waals surface area contributed by atoms with Gasteiger partial charge in [0, 0.05) is 37.4 Å². The van der Waals surface area contributed by atoms with Gasteiger partial charge in [-0.2, -0.15) is 0 Å². The number of methoxy groups -OCH3 is 1. The van der Waals surface area contributed by atoms with Gasteiger partial charge in [0.1, 0.15) is 5.75 Å². The Morgan fingerprint density at radius 1 is 0.857 bits per heavy atom. The van der Waals surface area contributed by atoms with Crippen molar-refractivity contribution in [2.75, 3.05) is 43.5 Å². The second kappa shape index (κ2) is 9.11. The quantitative estimate of drug-likeness (QED) is 0.585. The van der Waals surface area contributed by atoms with Crippen molar-refractivity contribution in [3.05, 3.63) is 88.8 Å². The number of amides is 1. The van der Waals surface area contributed by atoms with Crippen LogP contribution in [0.2, 0.25) is 0 Å². The fourth-order valence-corrected chi connectivity index (χ4v) is 6.41. The minimum atomic E-state index is -3.96. The van der Waals surface area contributed by atoms with Crippen molar-refractivity contribution in [3.8, 4) is 5.75 Å². The lowest BCUT2D eigenvalue weighted by molar-refractivity contribution is -0.112. The molecule has 0 unspecified atom stereocenters. The minimum Gasteiger partial charge on any atom is -0.495 e. The molecule has 0 bridgehead atoms. The number of sulfone groups is 1. The molecule has 1 saturated heterocycles. The third-order valence-corrected chi connectivity index (χ3v) is 8.30. The normalized spacial score (nSPS) is 16.7. The van der Waals surface area contributed by atoms with Gasteiger partial charge in [-0.15, -0.1) is 0 Å². The lowest BCUT2D eigenvalue weighted by Gasteiger charge is -2.38. The predicted octanol–water partition coefficient (Wildman–Crippen LogP) is 3.92. The smallest absolute Gasteiger partial charge is 0.269 e. The first-order valence-corrected chi connectivity index (χ1v) is 13.0. The molecule has 3 aromatic carbocycles. The van der Waals surface area contributed by atoms with Crippen LogP contribution < -0.4 is 15.0 Å². The standard InChI is InChI=1S/C27H27N3O4S/c1-19-11-13-20(14-12-19)28-27(31)26-25(21-7-3-6-10-24(21)35(26,32)33)30-17-15-29(16-18-30)22-8-4-5-9-23(22)34-2/h3-14H,15-18H2,1-2H3,(H,28,31). The lowest BCUT2D eigenvalue weighted by atomic mass is 10.1. The number of ether oxygens (including phenoxy) is 1. The summed E-state index contributed by atoms with van der Waals surface area (Å²) in [7, 11) is -2.30. The van der Waals surface area contributed by atoms with E-state index in [1.54, 1.807) is 43.5 Å². The molecular formula is C27H27N3O4S. The molecule has 0 spiro atoms. The van der Waals surface area contributed by atoms with Crippen LogP contribution in [0.4, 0.5) is 11.4 Å². The van der Waals surface area contributed by atoms with Crippen LogP contribution in [-0.2, 0) is 14.6 Å². The van der Waals surface area contributed by atoms with Gasteiger partial charge < -0.3 is 19.9 Å². The van der Waals surface area contributed by atoms with Crippen molar-refractivity contribution in [2.24, 2.45) is 0 Å². The number of hydrogen-bond acceptors (Lipinski definition) is 6. The number of anilines is 2. The molecule has 2 heterocycles. The van der Waals surface area contributed by atoms with E-state index in [1.165, 1.54) is 0 Å². The van der Waals surface area contributed by atoms with E-state index in [1.807, 2.05) is 48.2 Å². The summed E-state index contributed by atoms with van der Waals surface area (Å²) in [6.07, 6.45) is 0. The molecule has 1 amide bonds. The van der Waals surface area contributed by atoms with Crippen LogP contribution in [0.5, 0.6) is 5.75 Å². The fraction of sp³-hybridized carbons (Fsp3) is 0.222. The molecule has 8 heteroatoms. The van der Waals surface area contributed by atoms with E-state index < -0.39 is 15.7 Å². The van der Waals surface area contributed by atoms with Crippen molar-refractivity contribution in [1.29, 1.82) is 0 Å². The highest BCUT2D eigenvalue weighted by Gasteiger charge is 2.42. The number of piperazine rings is 1. The minimum absolute atomic E-state index is 0.177. The Morgan fingerprint density at radius 2 is 1.49 bits per heavy atom. The molecule has 0 aliphatic carbocycles. The van der Waals surface area contributed by atoms with Crippen LogP contribution in [-0.4, -0.2) is 52.5 Å². The molecule has 35 heavy (non-hydrogen) atoms. The molecule has 1 N–H and O–H groups in total. The molecule has 2 aliphatic heterocycles. The lowest BCUT2D eigenvalue weighted by Crippen LogP contribution is -2.46. The molecule has 1 fully saturated rings. The number of nitrogens with zero attached hydrogens (tertiary/aromatic N) is 2. The van der Waals surface area contributed by atoms with Crippen molar-refractivity contribution in [2.45, 2.75) is 11.8 Å². The van der Waals surface area contributed by atoms with Crippen LogP contribution in [0.1, 0.15) is 11.1 Å². The largest absolute Gasteiger partial charge is 0.495 e. The Labute approximate surface area is 205 Å². The first-order chi connectivity index (χ1) is 16.9. The first kappa shape index (κ1) is 23.0. The molecule has 0 atom stereocenters. The summed E-state index contributed by atoms with van der Waals surface area (Å²) in [6, 6.07) is 22.0. The molecule has 0 saturated carbocycles. The van der Waals surface area contributed by atoms with Gasteiger partial charge in [0.25, 0.3) is 5.91 Å². The SMILES string of the molecule is COc1ccccc1N1CCN(C2=C(C(=O)Nc3ccc(C)cc3)S(=O)(=O)c3ccccc32)CC1. The van der Waals surface area contributed by atoms with Gasteiger partial charge in [0.2, 0.25) is 9.84 Å². The summed E-state index contributed by atoms with van der Waals surface area (Å²) in [6.45, 7) is 4.42. The van der Waals surface area contributed by atoms with E-state index in [9.17, 15) is 13.2 Å². The summed E-state index contributed by atoms with van der Waals surface area (Å²) < 4.78 is 32.6. The van der Waals surface area contributed by atoms with Crippen LogP contribution >= 0.6 is 0 Å². The number of aryl methyl sites for hydroxylation is 1. The summed E-state index contributed by atoms with van der Waals surface area (Å²) in [5, 5.41) is 2.79. The topological polar surface area (TPSA) is 79.0 Å². The average molecular weight is 490 g/mol. The Balaban J connectivity index is 1.49. The summed E-state index contributed by atoms with van der Waals surface area (Å²) in [4.78, 5) is 17.6. The maximum absolute atomic E-state index is 13.5. The number of fused-ring (bicyclic) bond motifs is 1. The van der Waals surface area contributed by atoms with Gasteiger partial charge in [0.05, 0.1) is 23.4 Å². The highest BCUT2D eigenvalue weighted by Crippen LogP contribution is 2.42. The molecule has 0 radical (unpaired) electrons. The van der Waals surface area contributed by atoms with Gasteiger partial charge in [0.15, 0.2) is 4.91 Å². The summed E-state index contributed by atoms with van der Waals surface area (Å²) >= 11 is 0. The Bertz CT molecular complexity index is 1410. The van der Waals surface area contributed by atoms with Gasteiger partial charge in [-0.25, -0.2) is 8.42 Å². The molecule has 0 aromatic heterocycles. The number of carbonyl (C=O) groups excluding carboxylic acids is 1. The van der Waals surface area contributed by atoms with Crippen molar-refractivity contribution in [1.82, 2.24) is 4.90 Å². The molecule has 2 aliphatic rings. The van der Waals surface area contributed by atoms with Crippen molar-refractivity contribution >= 4 is 32.8 Å². The second-order valence-corrected chi connectivity index (χ2v) is 10.5. The van der Waals surface area contributed by atoms with E-state index in [-0.39, 0.29) is 9.80 Å². The monoisotopic (exact) mass is 489 g/mol. The summed E-state index contributed by atoms with van der Waals surface area (Å²) in [5.41, 5.74) is 3.66. The number of benzene rings is 3. The molecule has 5 rings (SSSR count). The highest BCUT2D eigenvalue weighted by molar-refractivity contribution is 7.97. The van der Waals surface area contributed by atoms with Crippen molar-refractivity contribution in [3.63, 3.8) is 0 Å². The maximum atomic E-state index is 13.5. The number of rotatable bonds is 5. The Morgan fingerprint density at radius 3 is 2.20 bits per heavy atom. The predicted molar refractivity (Wildman–Crippen MR) is 137 cm³/mol. The molecule has 3 aromatic rings. The molecule has 7 nitrogen and oxygen atoms in total. The van der Waals surface area contributed by atoms with Crippen LogP contribution in [0.25, 0.3) is 5.70 Å². The van der Waals surface area contributed by atoms with Gasteiger partial charge in [-0.05, 0) is 37.3 Å². The van der Waals surface area contributed by atoms with Crippen LogP contribution in [0, 0.1) is 6.92 Å². The molecule has 180 valence electrons. The van der Waals surface area contributed by atoms with Gasteiger partial charge in [-0.3, -0.25) is 4.79 Å². The Hall–Kier alpha value is -3.78. The number of hydrogen-bond donors (Lipinski definition) is 1. The second-order valence-electron chi connectivity index (χ2n) is 8.64. The van der Waals surface area contributed by atoms with E-state index in [2.05, 4.69) is 10.2 Å².